The molecule has 2 aromatic carbocycles. The Morgan fingerprint density at radius 3 is 2.53 bits per heavy atom. The molecule has 4 rings (SSSR count). The lowest BCUT2D eigenvalue weighted by molar-refractivity contribution is 0.0588. The minimum atomic E-state index is -3.22. The molecule has 1 saturated heterocycles. The van der Waals surface area contributed by atoms with Crippen molar-refractivity contribution in [3.63, 3.8) is 0 Å². The fourth-order valence-electron chi connectivity index (χ4n) is 4.22. The van der Waals surface area contributed by atoms with Crippen LogP contribution in [0.2, 0.25) is 0 Å². The second kappa shape index (κ2) is 8.48. The van der Waals surface area contributed by atoms with E-state index in [-0.39, 0.29) is 35.2 Å². The van der Waals surface area contributed by atoms with Gasteiger partial charge in [-0.2, -0.15) is 0 Å². The first-order valence-electron chi connectivity index (χ1n) is 10.1. The lowest BCUT2D eigenvalue weighted by atomic mass is 10.0. The number of hydrogen-bond donors (Lipinski definition) is 0. The molecule has 168 valence electrons. The molecule has 1 fully saturated rings. The largest absolute Gasteiger partial charge is 0.464 e. The number of likely N-dealkylation sites (tertiary alicyclic amines) is 1. The number of methoxy groups -OCH3 is 1. The Kier molecular flexibility index (Phi) is 5.87. The van der Waals surface area contributed by atoms with E-state index in [1.54, 1.807) is 24.3 Å². The van der Waals surface area contributed by atoms with Crippen molar-refractivity contribution in [2.24, 2.45) is 0 Å². The summed E-state index contributed by atoms with van der Waals surface area (Å²) in [7, 11) is -2.00. The molecule has 0 N–H and O–H groups in total. The summed E-state index contributed by atoms with van der Waals surface area (Å²) < 4.78 is 44.6. The van der Waals surface area contributed by atoms with Crippen molar-refractivity contribution in [2.45, 2.75) is 18.2 Å². The molecule has 0 bridgehead atoms. The summed E-state index contributed by atoms with van der Waals surface area (Å²) in [5, 5.41) is -0.258. The van der Waals surface area contributed by atoms with Crippen LogP contribution in [0, 0.1) is 5.82 Å². The van der Waals surface area contributed by atoms with Crippen LogP contribution in [0.3, 0.4) is 0 Å². The van der Waals surface area contributed by atoms with E-state index in [0.29, 0.717) is 18.7 Å². The number of esters is 1. The highest BCUT2D eigenvalue weighted by Crippen LogP contribution is 2.26. The van der Waals surface area contributed by atoms with Gasteiger partial charge in [0.05, 0.1) is 17.9 Å². The van der Waals surface area contributed by atoms with Crippen LogP contribution >= 0.6 is 0 Å². The van der Waals surface area contributed by atoms with E-state index < -0.39 is 32.3 Å². The van der Waals surface area contributed by atoms with Crippen LogP contribution in [0.5, 0.6) is 0 Å². The molecule has 2 heterocycles. The van der Waals surface area contributed by atoms with Crippen molar-refractivity contribution in [3.05, 3.63) is 75.8 Å². The molecule has 0 radical (unpaired) electrons. The fraction of sp³-hybridized carbons (Fsp3) is 0.304. The molecule has 0 amide bonds. The first kappa shape index (κ1) is 22.2. The van der Waals surface area contributed by atoms with Gasteiger partial charge in [0, 0.05) is 36.0 Å². The molecule has 0 spiro atoms. The van der Waals surface area contributed by atoms with Crippen LogP contribution < -0.4 is 5.43 Å². The zero-order valence-electron chi connectivity index (χ0n) is 17.7. The minimum absolute atomic E-state index is 0.00426. The number of carbonyl (C=O) groups is 1. The second-order valence-corrected chi connectivity index (χ2v) is 10.3. The topological polar surface area (TPSA) is 85.7 Å². The van der Waals surface area contributed by atoms with Gasteiger partial charge >= 0.3 is 5.97 Å². The average Bonchev–Trinajstić information content (AvgIpc) is 3.24. The van der Waals surface area contributed by atoms with Crippen molar-refractivity contribution in [1.82, 2.24) is 9.47 Å². The van der Waals surface area contributed by atoms with Gasteiger partial charge in [0.1, 0.15) is 11.5 Å². The lowest BCUT2D eigenvalue weighted by Gasteiger charge is -2.22. The number of halogens is 1. The van der Waals surface area contributed by atoms with Crippen molar-refractivity contribution >= 4 is 26.7 Å². The number of nitrogens with zero attached hydrogens (tertiary/aromatic N) is 2. The molecule has 1 aromatic heterocycles. The number of aromatic nitrogens is 1. The van der Waals surface area contributed by atoms with Crippen LogP contribution in [0.4, 0.5) is 4.39 Å². The number of sulfone groups is 1. The third-order valence-corrected chi connectivity index (χ3v) is 7.43. The maximum Gasteiger partial charge on any atom is 0.355 e. The highest BCUT2D eigenvalue weighted by Gasteiger charge is 2.32. The first-order chi connectivity index (χ1) is 15.2. The number of rotatable bonds is 5. The van der Waals surface area contributed by atoms with Gasteiger partial charge in [0.2, 0.25) is 0 Å². The summed E-state index contributed by atoms with van der Waals surface area (Å²) in [4.78, 5) is 28.2. The van der Waals surface area contributed by atoms with Crippen molar-refractivity contribution < 1.29 is 22.3 Å². The van der Waals surface area contributed by atoms with E-state index in [2.05, 4.69) is 0 Å². The van der Waals surface area contributed by atoms with Crippen molar-refractivity contribution in [1.29, 1.82) is 0 Å². The lowest BCUT2D eigenvalue weighted by Crippen LogP contribution is -2.31. The third kappa shape index (κ3) is 4.05. The predicted molar refractivity (Wildman–Crippen MR) is 119 cm³/mol. The molecule has 32 heavy (non-hydrogen) atoms. The van der Waals surface area contributed by atoms with Crippen LogP contribution in [0.25, 0.3) is 16.6 Å². The number of hydrogen-bond acceptors (Lipinski definition) is 6. The molecule has 1 atom stereocenters. The standard InChI is InChI=1S/C23H23FN2O5S/c1-31-23(28)21-19(14-25-11-10-17(13-25)32(2,29)30)22(27)18-9-8-15(24)12-20(18)26(21)16-6-4-3-5-7-16/h3-9,12,17H,10-11,13-14H2,1-2H3/t17-/m0/s1. The number of para-hydroxylation sites is 1. The second-order valence-electron chi connectivity index (χ2n) is 7.96. The van der Waals surface area contributed by atoms with Crippen LogP contribution in [-0.2, 0) is 21.1 Å². The molecule has 7 nitrogen and oxygen atoms in total. The van der Waals surface area contributed by atoms with Gasteiger partial charge in [-0.3, -0.25) is 9.69 Å². The summed E-state index contributed by atoms with van der Waals surface area (Å²) in [5.74, 6) is -1.27. The molecule has 9 heteroatoms. The van der Waals surface area contributed by atoms with Gasteiger partial charge in [-0.25, -0.2) is 17.6 Å². The Balaban J connectivity index is 1.97. The molecule has 0 unspecified atom stereocenters. The Labute approximate surface area is 185 Å². The van der Waals surface area contributed by atoms with E-state index in [1.165, 1.54) is 36.1 Å². The zero-order valence-corrected chi connectivity index (χ0v) is 18.6. The summed E-state index contributed by atoms with van der Waals surface area (Å²) in [5.41, 5.74) is 0.606. The Bertz CT molecular complexity index is 1350. The van der Waals surface area contributed by atoms with Crippen molar-refractivity contribution in [3.8, 4) is 5.69 Å². The molecular weight excluding hydrogens is 435 g/mol. The highest BCUT2D eigenvalue weighted by atomic mass is 32.2. The predicted octanol–water partition coefficient (Wildman–Crippen LogP) is 2.54. The number of pyridine rings is 1. The highest BCUT2D eigenvalue weighted by molar-refractivity contribution is 7.91. The smallest absolute Gasteiger partial charge is 0.355 e. The van der Waals surface area contributed by atoms with E-state index >= 15 is 0 Å². The van der Waals surface area contributed by atoms with E-state index in [0.717, 1.165) is 0 Å². The molecule has 0 aliphatic carbocycles. The summed E-state index contributed by atoms with van der Waals surface area (Å²) in [6.07, 6.45) is 1.66. The van der Waals surface area contributed by atoms with Crippen LogP contribution in [0.1, 0.15) is 22.5 Å². The molecule has 0 saturated carbocycles. The fourth-order valence-corrected chi connectivity index (χ4v) is 5.24. The maximum atomic E-state index is 14.2. The first-order valence-corrected chi connectivity index (χ1v) is 12.1. The Hall–Kier alpha value is -3.04. The monoisotopic (exact) mass is 458 g/mol. The zero-order chi connectivity index (χ0) is 23.0. The van der Waals surface area contributed by atoms with Gasteiger partial charge in [0.25, 0.3) is 0 Å². The molecular formula is C23H23FN2O5S. The number of carbonyl (C=O) groups excluding carboxylic acids is 1. The molecule has 1 aliphatic rings. The van der Waals surface area contributed by atoms with Crippen LogP contribution in [-0.4, -0.2) is 55.6 Å². The number of ether oxygens (including phenoxy) is 1. The quantitative estimate of drug-likeness (QED) is 0.547. The third-order valence-electron chi connectivity index (χ3n) is 5.84. The number of benzene rings is 2. The van der Waals surface area contributed by atoms with E-state index in [1.807, 2.05) is 11.0 Å². The Morgan fingerprint density at radius 1 is 1.19 bits per heavy atom. The van der Waals surface area contributed by atoms with Gasteiger partial charge < -0.3 is 9.30 Å². The minimum Gasteiger partial charge on any atom is -0.464 e. The summed E-state index contributed by atoms with van der Waals surface area (Å²) >= 11 is 0. The summed E-state index contributed by atoms with van der Waals surface area (Å²) in [6.45, 7) is 0.825. The van der Waals surface area contributed by atoms with E-state index in [9.17, 15) is 22.4 Å². The van der Waals surface area contributed by atoms with Gasteiger partial charge in [-0.1, -0.05) is 18.2 Å². The SMILES string of the molecule is COC(=O)c1c(CN2CC[C@H](S(C)(=O)=O)C2)c(=O)c2ccc(F)cc2n1-c1ccccc1. The van der Waals surface area contributed by atoms with Gasteiger partial charge in [-0.05, 0) is 43.3 Å². The average molecular weight is 459 g/mol. The number of fused-ring (bicyclic) bond motifs is 1. The Morgan fingerprint density at radius 2 is 1.91 bits per heavy atom. The normalized spacial score (nSPS) is 17.0. The maximum absolute atomic E-state index is 14.2. The van der Waals surface area contributed by atoms with E-state index in [4.69, 9.17) is 4.74 Å². The van der Waals surface area contributed by atoms with Gasteiger partial charge in [-0.15, -0.1) is 0 Å². The molecule has 1 aliphatic heterocycles. The summed E-state index contributed by atoms with van der Waals surface area (Å²) in [6, 6.07) is 12.7. The van der Waals surface area contributed by atoms with Crippen molar-refractivity contribution in [2.75, 3.05) is 26.5 Å². The van der Waals surface area contributed by atoms with Gasteiger partial charge in [0.15, 0.2) is 15.3 Å². The molecule has 3 aromatic rings. The van der Waals surface area contributed by atoms with Crippen LogP contribution in [0.15, 0.2) is 53.3 Å².